The minimum atomic E-state index is -0.206. The third-order valence-corrected chi connectivity index (χ3v) is 3.67. The number of nitrogens with zero attached hydrogens (tertiary/aromatic N) is 1. The number of aryl methyl sites for hydroxylation is 1. The van der Waals surface area contributed by atoms with E-state index in [2.05, 4.69) is 26.4 Å². The van der Waals surface area contributed by atoms with Crippen LogP contribution in [0.15, 0.2) is 33.3 Å². The first-order chi connectivity index (χ1) is 8.97. The Morgan fingerprint density at radius 3 is 2.68 bits per heavy atom. The molecule has 0 aliphatic carbocycles. The van der Waals surface area contributed by atoms with Crippen LogP contribution in [-0.4, -0.2) is 11.1 Å². The number of carbonyl (C=O) groups is 1. The topological polar surface area (TPSA) is 55.1 Å². The zero-order chi connectivity index (χ0) is 14.0. The van der Waals surface area contributed by atoms with E-state index >= 15 is 0 Å². The second kappa shape index (κ2) is 5.57. The zero-order valence-corrected chi connectivity index (χ0v) is 12.6. The molecule has 0 aliphatic heterocycles. The predicted octanol–water partition coefficient (Wildman–Crippen LogP) is 4.12. The number of hydrogen-bond acceptors (Lipinski definition) is 3. The number of benzene rings is 1. The normalized spacial score (nSPS) is 10.8. The molecule has 1 aromatic carbocycles. The maximum atomic E-state index is 12.0. The quantitative estimate of drug-likeness (QED) is 0.924. The van der Waals surface area contributed by atoms with Gasteiger partial charge in [-0.05, 0) is 36.6 Å². The molecule has 2 rings (SSSR count). The minimum Gasteiger partial charge on any atom is -0.338 e. The summed E-state index contributed by atoms with van der Waals surface area (Å²) >= 11 is 3.40. The Balaban J connectivity index is 2.13. The van der Waals surface area contributed by atoms with E-state index in [1.165, 1.54) is 0 Å². The van der Waals surface area contributed by atoms with Crippen molar-refractivity contribution >= 4 is 27.7 Å². The number of rotatable bonds is 3. The van der Waals surface area contributed by atoms with Crippen LogP contribution in [0.1, 0.15) is 41.4 Å². The summed E-state index contributed by atoms with van der Waals surface area (Å²) in [5.74, 6) is 0.431. The fraction of sp³-hybridized carbons (Fsp3) is 0.286. The average Bonchev–Trinajstić information content (AvgIpc) is 2.81. The lowest BCUT2D eigenvalue weighted by Crippen LogP contribution is -2.11. The van der Waals surface area contributed by atoms with Crippen molar-refractivity contribution in [3.63, 3.8) is 0 Å². The van der Waals surface area contributed by atoms with Crippen LogP contribution in [-0.2, 0) is 0 Å². The molecule has 1 aromatic heterocycles. The Kier molecular flexibility index (Phi) is 4.04. The number of aromatic nitrogens is 1. The van der Waals surface area contributed by atoms with E-state index < -0.39 is 0 Å². The summed E-state index contributed by atoms with van der Waals surface area (Å²) in [6.45, 7) is 5.97. The number of amides is 1. The van der Waals surface area contributed by atoms with Gasteiger partial charge >= 0.3 is 0 Å². The van der Waals surface area contributed by atoms with Crippen LogP contribution in [0.5, 0.6) is 0 Å². The molecule has 0 bridgehead atoms. The first-order valence-corrected chi connectivity index (χ1v) is 6.81. The molecule has 5 heteroatoms. The number of halogens is 1. The van der Waals surface area contributed by atoms with Gasteiger partial charge in [-0.25, -0.2) is 0 Å². The van der Waals surface area contributed by atoms with Gasteiger partial charge in [-0.1, -0.05) is 34.9 Å². The van der Waals surface area contributed by atoms with Crippen molar-refractivity contribution in [3.8, 4) is 0 Å². The van der Waals surface area contributed by atoms with E-state index in [0.29, 0.717) is 11.4 Å². The summed E-state index contributed by atoms with van der Waals surface area (Å²) in [6.07, 6.45) is 0. The Bertz CT molecular complexity index is 605. The SMILES string of the molecule is Cc1cc(C(=O)Nc2cc(C(C)C)no2)ccc1Br. The highest BCUT2D eigenvalue weighted by Crippen LogP contribution is 2.20. The van der Waals surface area contributed by atoms with Crippen LogP contribution < -0.4 is 5.32 Å². The lowest BCUT2D eigenvalue weighted by Gasteiger charge is -2.03. The van der Waals surface area contributed by atoms with Crippen molar-refractivity contribution < 1.29 is 9.32 Å². The minimum absolute atomic E-state index is 0.206. The molecule has 19 heavy (non-hydrogen) atoms. The van der Waals surface area contributed by atoms with Crippen LogP contribution in [0.3, 0.4) is 0 Å². The smallest absolute Gasteiger partial charge is 0.258 e. The van der Waals surface area contributed by atoms with E-state index in [1.807, 2.05) is 32.9 Å². The number of hydrogen-bond donors (Lipinski definition) is 1. The fourth-order valence-corrected chi connectivity index (χ4v) is 1.84. The highest BCUT2D eigenvalue weighted by Gasteiger charge is 2.12. The molecule has 4 nitrogen and oxygen atoms in total. The molecule has 0 aliphatic rings. The third-order valence-electron chi connectivity index (χ3n) is 2.78. The molecule has 100 valence electrons. The van der Waals surface area contributed by atoms with Crippen LogP contribution in [0.2, 0.25) is 0 Å². The van der Waals surface area contributed by atoms with Gasteiger partial charge in [0.1, 0.15) is 0 Å². The highest BCUT2D eigenvalue weighted by atomic mass is 79.9. The largest absolute Gasteiger partial charge is 0.338 e. The van der Waals surface area contributed by atoms with E-state index in [9.17, 15) is 4.79 Å². The van der Waals surface area contributed by atoms with Gasteiger partial charge < -0.3 is 4.52 Å². The maximum Gasteiger partial charge on any atom is 0.258 e. The van der Waals surface area contributed by atoms with Crippen LogP contribution >= 0.6 is 15.9 Å². The Morgan fingerprint density at radius 1 is 1.37 bits per heavy atom. The monoisotopic (exact) mass is 322 g/mol. The summed E-state index contributed by atoms with van der Waals surface area (Å²) in [5, 5.41) is 6.59. The predicted molar refractivity (Wildman–Crippen MR) is 77.4 cm³/mol. The zero-order valence-electron chi connectivity index (χ0n) is 11.0. The van der Waals surface area contributed by atoms with Gasteiger partial charge in [0.25, 0.3) is 5.91 Å². The van der Waals surface area contributed by atoms with E-state index in [-0.39, 0.29) is 11.8 Å². The second-order valence-corrected chi connectivity index (χ2v) is 5.54. The summed E-state index contributed by atoms with van der Waals surface area (Å²) in [6, 6.07) is 7.17. The Morgan fingerprint density at radius 2 is 2.11 bits per heavy atom. The van der Waals surface area contributed by atoms with Crippen molar-refractivity contribution in [2.24, 2.45) is 0 Å². The Labute approximate surface area is 120 Å². The Hall–Kier alpha value is -1.62. The number of nitrogens with one attached hydrogen (secondary N) is 1. The second-order valence-electron chi connectivity index (χ2n) is 4.69. The highest BCUT2D eigenvalue weighted by molar-refractivity contribution is 9.10. The van der Waals surface area contributed by atoms with Gasteiger partial charge in [0.2, 0.25) is 5.88 Å². The third kappa shape index (κ3) is 3.23. The van der Waals surface area contributed by atoms with Crippen LogP contribution in [0.4, 0.5) is 5.88 Å². The molecule has 0 radical (unpaired) electrons. The first kappa shape index (κ1) is 13.8. The van der Waals surface area contributed by atoms with E-state index in [1.54, 1.807) is 12.1 Å². The molecular weight excluding hydrogens is 308 g/mol. The van der Waals surface area contributed by atoms with Gasteiger partial charge in [0.15, 0.2) is 0 Å². The van der Waals surface area contributed by atoms with Crippen molar-refractivity contribution in [1.82, 2.24) is 5.16 Å². The van der Waals surface area contributed by atoms with Crippen molar-refractivity contribution in [3.05, 3.63) is 45.6 Å². The maximum absolute atomic E-state index is 12.0. The first-order valence-electron chi connectivity index (χ1n) is 6.01. The molecule has 0 fully saturated rings. The molecule has 2 aromatic rings. The molecule has 1 amide bonds. The van der Waals surface area contributed by atoms with Crippen LogP contribution in [0, 0.1) is 6.92 Å². The number of anilines is 1. The molecular formula is C14H15BrN2O2. The summed E-state index contributed by atoms with van der Waals surface area (Å²) in [7, 11) is 0. The van der Waals surface area contributed by atoms with Crippen molar-refractivity contribution in [2.45, 2.75) is 26.7 Å². The molecule has 0 atom stereocenters. The molecule has 1 N–H and O–H groups in total. The standard InChI is InChI=1S/C14H15BrN2O2/c1-8(2)12-7-13(19-17-12)16-14(18)10-4-5-11(15)9(3)6-10/h4-8H,1-3H3,(H,16,18). The lowest BCUT2D eigenvalue weighted by molar-refractivity contribution is 0.102. The average molecular weight is 323 g/mol. The summed E-state index contributed by atoms with van der Waals surface area (Å²) in [4.78, 5) is 12.0. The lowest BCUT2D eigenvalue weighted by atomic mass is 10.1. The van der Waals surface area contributed by atoms with Crippen molar-refractivity contribution in [1.29, 1.82) is 0 Å². The molecule has 1 heterocycles. The molecule has 0 saturated heterocycles. The van der Waals surface area contributed by atoms with E-state index in [4.69, 9.17) is 4.52 Å². The van der Waals surface area contributed by atoms with Gasteiger partial charge in [0.05, 0.1) is 5.69 Å². The van der Waals surface area contributed by atoms with Gasteiger partial charge in [-0.3, -0.25) is 10.1 Å². The van der Waals surface area contributed by atoms with Gasteiger partial charge in [-0.15, -0.1) is 0 Å². The fourth-order valence-electron chi connectivity index (χ4n) is 1.59. The molecule has 0 unspecified atom stereocenters. The van der Waals surface area contributed by atoms with Gasteiger partial charge in [0, 0.05) is 16.1 Å². The van der Waals surface area contributed by atoms with Crippen LogP contribution in [0.25, 0.3) is 0 Å². The molecule has 0 spiro atoms. The number of carbonyl (C=O) groups excluding carboxylic acids is 1. The molecule has 0 saturated carbocycles. The van der Waals surface area contributed by atoms with Gasteiger partial charge in [-0.2, -0.15) is 0 Å². The van der Waals surface area contributed by atoms with E-state index in [0.717, 1.165) is 15.7 Å². The summed E-state index contributed by atoms with van der Waals surface area (Å²) in [5.41, 5.74) is 2.42. The van der Waals surface area contributed by atoms with Crippen molar-refractivity contribution in [2.75, 3.05) is 5.32 Å². The summed E-state index contributed by atoms with van der Waals surface area (Å²) < 4.78 is 6.06.